The number of amides is 2. The fourth-order valence-electron chi connectivity index (χ4n) is 1.22. The van der Waals surface area contributed by atoms with E-state index in [4.69, 9.17) is 4.74 Å². The molecule has 1 aromatic rings. The molecule has 1 rings (SSSR count). The van der Waals surface area contributed by atoms with Crippen LogP contribution in [0.5, 0.6) is 0 Å². The molecule has 102 valence electrons. The van der Waals surface area contributed by atoms with Gasteiger partial charge in [-0.3, -0.25) is 14.6 Å². The summed E-state index contributed by atoms with van der Waals surface area (Å²) in [4.78, 5) is 26.4. The Morgan fingerprint density at radius 3 is 2.68 bits per heavy atom. The second kappa shape index (κ2) is 7.99. The van der Waals surface area contributed by atoms with E-state index in [1.165, 1.54) is 7.05 Å². The van der Waals surface area contributed by atoms with Gasteiger partial charge in [-0.15, -0.1) is 0 Å². The minimum Gasteiger partial charge on any atom is -0.362 e. The van der Waals surface area contributed by atoms with Gasteiger partial charge in [-0.25, -0.2) is 0 Å². The van der Waals surface area contributed by atoms with Gasteiger partial charge in [0.1, 0.15) is 13.2 Å². The van der Waals surface area contributed by atoms with Crippen molar-refractivity contribution in [1.29, 1.82) is 0 Å². The van der Waals surface area contributed by atoms with Crippen LogP contribution in [0.2, 0.25) is 0 Å². The van der Waals surface area contributed by atoms with Crippen molar-refractivity contribution < 1.29 is 14.3 Å². The van der Waals surface area contributed by atoms with E-state index in [0.29, 0.717) is 6.54 Å². The van der Waals surface area contributed by atoms with Crippen LogP contribution in [0.3, 0.4) is 0 Å². The molecule has 0 unspecified atom stereocenters. The van der Waals surface area contributed by atoms with Crippen LogP contribution in [0, 0.1) is 0 Å². The lowest BCUT2D eigenvalue weighted by Crippen LogP contribution is -2.30. The smallest absolute Gasteiger partial charge is 0.246 e. The van der Waals surface area contributed by atoms with Gasteiger partial charge in [0.2, 0.25) is 11.8 Å². The summed E-state index contributed by atoms with van der Waals surface area (Å²) in [6, 6.07) is 3.67. The summed E-state index contributed by atoms with van der Waals surface area (Å²) in [5.74, 6) is -0.547. The first kappa shape index (κ1) is 14.8. The monoisotopic (exact) mass is 263 g/mol. The Hall–Kier alpha value is -2.21. The van der Waals surface area contributed by atoms with E-state index in [0.717, 1.165) is 11.3 Å². The van der Waals surface area contributed by atoms with Crippen LogP contribution in [0.1, 0.15) is 11.3 Å². The molecule has 0 saturated heterocycles. The lowest BCUT2D eigenvalue weighted by atomic mass is 10.2. The van der Waals surface area contributed by atoms with Crippen LogP contribution in [-0.2, 0) is 20.9 Å². The molecule has 0 aromatic carbocycles. The number of hydrogen-bond acceptors (Lipinski definition) is 4. The third-order valence-corrected chi connectivity index (χ3v) is 2.29. The fourth-order valence-corrected chi connectivity index (χ4v) is 1.22. The van der Waals surface area contributed by atoms with Gasteiger partial charge in [0.25, 0.3) is 0 Å². The zero-order valence-corrected chi connectivity index (χ0v) is 10.8. The Morgan fingerprint density at radius 1 is 1.37 bits per heavy atom. The summed E-state index contributed by atoms with van der Waals surface area (Å²) in [5, 5.41) is 5.06. The van der Waals surface area contributed by atoms with E-state index in [1.807, 2.05) is 12.1 Å². The maximum atomic E-state index is 11.4. The molecule has 1 heterocycles. The number of nitrogens with zero attached hydrogens (tertiary/aromatic N) is 1. The molecule has 2 N–H and O–H groups in total. The Kier molecular flexibility index (Phi) is 6.25. The number of rotatable bonds is 7. The maximum absolute atomic E-state index is 11.4. The molecule has 6 nitrogen and oxygen atoms in total. The number of carbonyl (C=O) groups is 2. The van der Waals surface area contributed by atoms with Crippen molar-refractivity contribution in [3.63, 3.8) is 0 Å². The second-order valence-corrected chi connectivity index (χ2v) is 3.74. The van der Waals surface area contributed by atoms with Crippen LogP contribution in [-0.4, -0.2) is 37.1 Å². The molecule has 0 aliphatic carbocycles. The molecular weight excluding hydrogens is 246 g/mol. The summed E-state index contributed by atoms with van der Waals surface area (Å²) < 4.78 is 4.92. The predicted octanol–water partition coefficient (Wildman–Crippen LogP) is 0.103. The quantitative estimate of drug-likeness (QED) is 0.731. The van der Waals surface area contributed by atoms with Crippen LogP contribution in [0.4, 0.5) is 0 Å². The zero-order valence-electron chi connectivity index (χ0n) is 10.8. The fraction of sp³-hybridized carbons (Fsp3) is 0.308. The molecule has 0 bridgehead atoms. The highest BCUT2D eigenvalue weighted by atomic mass is 16.5. The number of aromatic nitrogens is 1. The van der Waals surface area contributed by atoms with E-state index in [2.05, 4.69) is 22.2 Å². The summed E-state index contributed by atoms with van der Waals surface area (Å²) in [6.07, 6.45) is 3.32. The van der Waals surface area contributed by atoms with Crippen molar-refractivity contribution in [3.8, 4) is 0 Å². The lowest BCUT2D eigenvalue weighted by molar-refractivity contribution is -0.130. The Balaban J connectivity index is 2.25. The van der Waals surface area contributed by atoms with Crippen molar-refractivity contribution in [2.24, 2.45) is 0 Å². The average Bonchev–Trinajstić information content (AvgIpc) is 2.45. The normalized spacial score (nSPS) is 9.74. The first-order valence-corrected chi connectivity index (χ1v) is 5.78. The molecule has 0 radical (unpaired) electrons. The van der Waals surface area contributed by atoms with E-state index in [9.17, 15) is 9.59 Å². The first-order valence-electron chi connectivity index (χ1n) is 5.78. The van der Waals surface area contributed by atoms with Crippen molar-refractivity contribution in [2.45, 2.75) is 6.54 Å². The van der Waals surface area contributed by atoms with E-state index in [-0.39, 0.29) is 25.0 Å². The zero-order chi connectivity index (χ0) is 14.1. The molecule has 0 aliphatic rings. The number of hydrogen-bond donors (Lipinski definition) is 2. The minimum atomic E-state index is -0.281. The Labute approximate surface area is 111 Å². The largest absolute Gasteiger partial charge is 0.362 e. The Morgan fingerprint density at radius 2 is 2.11 bits per heavy atom. The van der Waals surface area contributed by atoms with E-state index in [1.54, 1.807) is 12.3 Å². The van der Waals surface area contributed by atoms with E-state index >= 15 is 0 Å². The Bertz CT molecular complexity index is 443. The number of likely N-dealkylation sites (N-methyl/N-ethyl adjacent to an activating group) is 1. The molecule has 0 atom stereocenters. The molecule has 2 amide bonds. The van der Waals surface area contributed by atoms with Gasteiger partial charge in [-0.2, -0.15) is 0 Å². The molecule has 19 heavy (non-hydrogen) atoms. The van der Waals surface area contributed by atoms with Gasteiger partial charge in [-0.05, 0) is 17.7 Å². The molecule has 1 aromatic heterocycles. The van der Waals surface area contributed by atoms with Gasteiger partial charge in [-0.1, -0.05) is 12.6 Å². The number of ether oxygens (including phenoxy) is 1. The average molecular weight is 263 g/mol. The van der Waals surface area contributed by atoms with Crippen molar-refractivity contribution in [1.82, 2.24) is 15.6 Å². The van der Waals surface area contributed by atoms with Gasteiger partial charge in [0, 0.05) is 19.8 Å². The molecular formula is C13H17N3O3. The number of carbonyl (C=O) groups excluding carboxylic acids is 2. The summed E-state index contributed by atoms with van der Waals surface area (Å²) >= 11 is 0. The second-order valence-electron chi connectivity index (χ2n) is 3.74. The minimum absolute atomic E-state index is 0.125. The van der Waals surface area contributed by atoms with Crippen LogP contribution < -0.4 is 10.6 Å². The topological polar surface area (TPSA) is 80.3 Å². The highest BCUT2D eigenvalue weighted by molar-refractivity contribution is 5.79. The molecule has 0 fully saturated rings. The predicted molar refractivity (Wildman–Crippen MR) is 71.1 cm³/mol. The van der Waals surface area contributed by atoms with E-state index < -0.39 is 0 Å². The first-order chi connectivity index (χ1) is 9.15. The molecule has 0 spiro atoms. The third kappa shape index (κ3) is 5.78. The van der Waals surface area contributed by atoms with Crippen LogP contribution >= 0.6 is 0 Å². The SMILES string of the molecule is C=Cc1ccc(CNC(=O)COCC(=O)NC)cn1. The number of pyridine rings is 1. The summed E-state index contributed by atoms with van der Waals surface area (Å²) in [7, 11) is 1.51. The van der Waals surface area contributed by atoms with Crippen LogP contribution in [0.15, 0.2) is 24.9 Å². The van der Waals surface area contributed by atoms with Gasteiger partial charge < -0.3 is 15.4 Å². The highest BCUT2D eigenvalue weighted by Crippen LogP contribution is 2.00. The van der Waals surface area contributed by atoms with Gasteiger partial charge in [0.15, 0.2) is 0 Å². The van der Waals surface area contributed by atoms with Crippen molar-refractivity contribution in [2.75, 3.05) is 20.3 Å². The third-order valence-electron chi connectivity index (χ3n) is 2.29. The summed E-state index contributed by atoms with van der Waals surface area (Å²) in [6.45, 7) is 3.70. The standard InChI is InChI=1S/C13H17N3O3/c1-3-11-5-4-10(6-15-11)7-16-13(18)9-19-8-12(17)14-2/h3-6H,1,7-9H2,2H3,(H,14,17)(H,16,18). The van der Waals surface area contributed by atoms with Crippen molar-refractivity contribution in [3.05, 3.63) is 36.2 Å². The highest BCUT2D eigenvalue weighted by Gasteiger charge is 2.04. The molecule has 0 saturated carbocycles. The summed E-state index contributed by atoms with van der Waals surface area (Å²) in [5.41, 5.74) is 1.66. The van der Waals surface area contributed by atoms with Gasteiger partial charge in [0.05, 0.1) is 5.69 Å². The van der Waals surface area contributed by atoms with Crippen molar-refractivity contribution >= 4 is 17.9 Å². The molecule has 6 heteroatoms. The maximum Gasteiger partial charge on any atom is 0.246 e. The van der Waals surface area contributed by atoms with Crippen LogP contribution in [0.25, 0.3) is 6.08 Å². The molecule has 0 aliphatic heterocycles. The lowest BCUT2D eigenvalue weighted by Gasteiger charge is -2.06. The van der Waals surface area contributed by atoms with Gasteiger partial charge >= 0.3 is 0 Å². The number of nitrogens with one attached hydrogen (secondary N) is 2.